The quantitative estimate of drug-likeness (QED) is 0.889. The number of halogens is 2. The summed E-state index contributed by atoms with van der Waals surface area (Å²) < 4.78 is 23.7. The van der Waals surface area contributed by atoms with E-state index in [0.717, 1.165) is 0 Å². The van der Waals surface area contributed by atoms with Crippen molar-refractivity contribution in [3.05, 3.63) is 22.5 Å². The molecule has 1 atom stereocenters. The van der Waals surface area contributed by atoms with Gasteiger partial charge in [-0.1, -0.05) is 11.6 Å². The summed E-state index contributed by atoms with van der Waals surface area (Å²) in [5, 5.41) is 0.0370. The van der Waals surface area contributed by atoms with E-state index < -0.39 is 5.82 Å². The first kappa shape index (κ1) is 13.1. The van der Waals surface area contributed by atoms with Crippen molar-refractivity contribution in [2.45, 2.75) is 19.4 Å². The first-order valence-corrected chi connectivity index (χ1v) is 5.23. The van der Waals surface area contributed by atoms with E-state index in [4.69, 9.17) is 26.8 Å². The average molecular weight is 248 g/mol. The van der Waals surface area contributed by atoms with Crippen molar-refractivity contribution in [3.8, 4) is 11.5 Å². The SMILES string of the molecule is COc1cc(F)c(Cl)c(CC(C)N)c1OC. The van der Waals surface area contributed by atoms with Crippen LogP contribution in [-0.4, -0.2) is 20.3 Å². The molecule has 0 aromatic heterocycles. The molecular formula is C11H15ClFNO2. The lowest BCUT2D eigenvalue weighted by Gasteiger charge is -2.16. The van der Waals surface area contributed by atoms with Crippen molar-refractivity contribution in [2.75, 3.05) is 14.2 Å². The molecule has 0 aliphatic heterocycles. The predicted molar refractivity (Wildman–Crippen MR) is 61.9 cm³/mol. The van der Waals surface area contributed by atoms with Gasteiger partial charge in [-0.2, -0.15) is 0 Å². The minimum atomic E-state index is -0.532. The summed E-state index contributed by atoms with van der Waals surface area (Å²) in [7, 11) is 2.93. The fourth-order valence-electron chi connectivity index (χ4n) is 1.52. The third kappa shape index (κ3) is 2.57. The highest BCUT2D eigenvalue weighted by atomic mass is 35.5. The van der Waals surface area contributed by atoms with Gasteiger partial charge in [0.05, 0.1) is 19.2 Å². The normalized spacial score (nSPS) is 12.4. The minimum absolute atomic E-state index is 0.0370. The van der Waals surface area contributed by atoms with E-state index in [1.54, 1.807) is 0 Å². The van der Waals surface area contributed by atoms with Gasteiger partial charge in [-0.3, -0.25) is 0 Å². The van der Waals surface area contributed by atoms with Gasteiger partial charge in [0.1, 0.15) is 5.82 Å². The lowest BCUT2D eigenvalue weighted by Crippen LogP contribution is -2.19. The Bertz CT molecular complexity index is 383. The molecule has 0 saturated heterocycles. The number of rotatable bonds is 4. The molecule has 16 heavy (non-hydrogen) atoms. The molecule has 5 heteroatoms. The lowest BCUT2D eigenvalue weighted by atomic mass is 10.1. The van der Waals surface area contributed by atoms with Gasteiger partial charge in [-0.15, -0.1) is 0 Å². The molecular weight excluding hydrogens is 233 g/mol. The Morgan fingerprint density at radius 2 is 2.06 bits per heavy atom. The third-order valence-corrected chi connectivity index (χ3v) is 2.59. The third-order valence-electron chi connectivity index (χ3n) is 2.18. The van der Waals surface area contributed by atoms with Crippen molar-refractivity contribution < 1.29 is 13.9 Å². The summed E-state index contributed by atoms with van der Waals surface area (Å²) in [6.07, 6.45) is 0.427. The van der Waals surface area contributed by atoms with Crippen molar-refractivity contribution in [3.63, 3.8) is 0 Å². The number of hydrogen-bond donors (Lipinski definition) is 1. The smallest absolute Gasteiger partial charge is 0.165 e. The Morgan fingerprint density at radius 1 is 1.44 bits per heavy atom. The van der Waals surface area contributed by atoms with Crippen LogP contribution in [0.5, 0.6) is 11.5 Å². The van der Waals surface area contributed by atoms with E-state index in [1.165, 1.54) is 20.3 Å². The number of ether oxygens (including phenoxy) is 2. The minimum Gasteiger partial charge on any atom is -0.493 e. The van der Waals surface area contributed by atoms with E-state index >= 15 is 0 Å². The monoisotopic (exact) mass is 247 g/mol. The highest BCUT2D eigenvalue weighted by molar-refractivity contribution is 6.31. The zero-order chi connectivity index (χ0) is 12.3. The maximum atomic E-state index is 13.5. The number of benzene rings is 1. The van der Waals surface area contributed by atoms with E-state index in [2.05, 4.69) is 0 Å². The predicted octanol–water partition coefficient (Wildman–Crippen LogP) is 2.39. The fourth-order valence-corrected chi connectivity index (χ4v) is 1.73. The molecule has 2 N–H and O–H groups in total. The number of hydrogen-bond acceptors (Lipinski definition) is 3. The molecule has 1 aromatic rings. The molecule has 90 valence electrons. The number of nitrogens with two attached hydrogens (primary N) is 1. The van der Waals surface area contributed by atoms with Crippen LogP contribution < -0.4 is 15.2 Å². The standard InChI is InChI=1S/C11H15ClFNO2/c1-6(14)4-7-10(12)8(13)5-9(15-2)11(7)16-3/h5-6H,4,14H2,1-3H3. The summed E-state index contributed by atoms with van der Waals surface area (Å²) in [5.41, 5.74) is 6.22. The van der Waals surface area contributed by atoms with Crippen LogP contribution in [0.25, 0.3) is 0 Å². The Kier molecular flexibility index (Phi) is 4.38. The van der Waals surface area contributed by atoms with Gasteiger partial charge in [0, 0.05) is 17.7 Å². The fraction of sp³-hybridized carbons (Fsp3) is 0.455. The Labute approximate surface area is 99.3 Å². The molecule has 0 radical (unpaired) electrons. The molecule has 0 bridgehead atoms. The Hall–Kier alpha value is -1.00. The summed E-state index contributed by atoms with van der Waals surface area (Å²) >= 11 is 5.88. The molecule has 3 nitrogen and oxygen atoms in total. The molecule has 0 aliphatic rings. The molecule has 0 spiro atoms. The summed E-state index contributed by atoms with van der Waals surface area (Å²) in [6, 6.07) is 1.06. The van der Waals surface area contributed by atoms with Crippen LogP contribution >= 0.6 is 11.6 Å². The lowest BCUT2D eigenvalue weighted by molar-refractivity contribution is 0.348. The van der Waals surface area contributed by atoms with Crippen LogP contribution in [0.2, 0.25) is 5.02 Å². The van der Waals surface area contributed by atoms with Gasteiger partial charge in [0.15, 0.2) is 11.5 Å². The summed E-state index contributed by atoms with van der Waals surface area (Å²) in [6.45, 7) is 1.81. The number of methoxy groups -OCH3 is 2. The second kappa shape index (κ2) is 5.37. The average Bonchev–Trinajstić information content (AvgIpc) is 2.23. The van der Waals surface area contributed by atoms with E-state index in [1.807, 2.05) is 6.92 Å². The van der Waals surface area contributed by atoms with Crippen LogP contribution in [0.1, 0.15) is 12.5 Å². The molecule has 0 amide bonds. The summed E-state index contributed by atoms with van der Waals surface area (Å²) in [5.74, 6) is 0.223. The van der Waals surface area contributed by atoms with Crippen molar-refractivity contribution in [2.24, 2.45) is 5.73 Å². The Morgan fingerprint density at radius 3 is 2.50 bits per heavy atom. The zero-order valence-corrected chi connectivity index (χ0v) is 10.3. The second-order valence-electron chi connectivity index (χ2n) is 3.57. The highest BCUT2D eigenvalue weighted by Gasteiger charge is 2.19. The van der Waals surface area contributed by atoms with Crippen LogP contribution in [-0.2, 0) is 6.42 Å². The molecule has 1 rings (SSSR count). The van der Waals surface area contributed by atoms with Gasteiger partial charge in [0.2, 0.25) is 0 Å². The van der Waals surface area contributed by atoms with E-state index in [-0.39, 0.29) is 11.1 Å². The van der Waals surface area contributed by atoms with Crippen molar-refractivity contribution in [1.82, 2.24) is 0 Å². The first-order valence-electron chi connectivity index (χ1n) is 4.85. The van der Waals surface area contributed by atoms with Gasteiger partial charge < -0.3 is 15.2 Å². The molecule has 1 unspecified atom stereocenters. The molecule has 0 fully saturated rings. The van der Waals surface area contributed by atoms with Crippen molar-refractivity contribution in [1.29, 1.82) is 0 Å². The second-order valence-corrected chi connectivity index (χ2v) is 3.95. The maximum Gasteiger partial charge on any atom is 0.165 e. The zero-order valence-electron chi connectivity index (χ0n) is 9.51. The topological polar surface area (TPSA) is 44.5 Å². The first-order chi connectivity index (χ1) is 7.51. The molecule has 0 saturated carbocycles. The largest absolute Gasteiger partial charge is 0.493 e. The van der Waals surface area contributed by atoms with Gasteiger partial charge in [-0.25, -0.2) is 4.39 Å². The highest BCUT2D eigenvalue weighted by Crippen LogP contribution is 2.38. The molecule has 0 aliphatic carbocycles. The Balaban J connectivity index is 3.34. The van der Waals surface area contributed by atoms with Gasteiger partial charge in [-0.05, 0) is 13.3 Å². The summed E-state index contributed by atoms with van der Waals surface area (Å²) in [4.78, 5) is 0. The van der Waals surface area contributed by atoms with E-state index in [0.29, 0.717) is 23.5 Å². The van der Waals surface area contributed by atoms with Crippen LogP contribution in [0.15, 0.2) is 6.07 Å². The molecule has 1 aromatic carbocycles. The van der Waals surface area contributed by atoms with Gasteiger partial charge >= 0.3 is 0 Å². The van der Waals surface area contributed by atoms with Crippen molar-refractivity contribution >= 4 is 11.6 Å². The maximum absolute atomic E-state index is 13.5. The van der Waals surface area contributed by atoms with Gasteiger partial charge in [0.25, 0.3) is 0 Å². The van der Waals surface area contributed by atoms with Crippen LogP contribution in [0.3, 0.4) is 0 Å². The van der Waals surface area contributed by atoms with Crippen LogP contribution in [0.4, 0.5) is 4.39 Å². The van der Waals surface area contributed by atoms with Crippen LogP contribution in [0, 0.1) is 5.82 Å². The van der Waals surface area contributed by atoms with E-state index in [9.17, 15) is 4.39 Å². The molecule has 0 heterocycles.